The fraction of sp³-hybridized carbons (Fsp3) is 0.625. The van der Waals surface area contributed by atoms with E-state index in [1.54, 1.807) is 0 Å². The van der Waals surface area contributed by atoms with Crippen LogP contribution in [0.1, 0.15) is 64.7 Å². The van der Waals surface area contributed by atoms with Crippen LogP contribution in [-0.2, 0) is 0 Å². The highest BCUT2D eigenvalue weighted by atomic mass is 13.9. The molecule has 0 rings (SSSR count). The molecule has 0 N–H and O–H groups in total. The van der Waals surface area contributed by atoms with Crippen molar-refractivity contribution >= 4 is 0 Å². The van der Waals surface area contributed by atoms with E-state index in [1.165, 1.54) is 44.9 Å². The van der Waals surface area contributed by atoms with Crippen molar-refractivity contribution in [3.8, 4) is 0 Å². The third kappa shape index (κ3) is 13.2. The van der Waals surface area contributed by atoms with Gasteiger partial charge in [-0.2, -0.15) is 0 Å². The van der Waals surface area contributed by atoms with E-state index in [2.05, 4.69) is 37.8 Å². The van der Waals surface area contributed by atoms with Gasteiger partial charge in [-0.05, 0) is 44.9 Å². The Hall–Kier alpha value is -0.780. The van der Waals surface area contributed by atoms with Crippen molar-refractivity contribution in [1.82, 2.24) is 0 Å². The van der Waals surface area contributed by atoms with E-state index in [4.69, 9.17) is 0 Å². The largest absolute Gasteiger partial charge is 0.103 e. The molecule has 0 heteroatoms. The van der Waals surface area contributed by atoms with Crippen LogP contribution >= 0.6 is 0 Å². The normalized spacial score (nSPS) is 11.6. The monoisotopic (exact) mass is 220 g/mol. The van der Waals surface area contributed by atoms with Gasteiger partial charge < -0.3 is 0 Å². The lowest BCUT2D eigenvalue weighted by Crippen LogP contribution is -1.73. The van der Waals surface area contributed by atoms with Gasteiger partial charge in [-0.15, -0.1) is 6.58 Å². The summed E-state index contributed by atoms with van der Waals surface area (Å²) >= 11 is 0. The van der Waals surface area contributed by atoms with E-state index in [9.17, 15) is 0 Å². The minimum Gasteiger partial charge on any atom is -0.103 e. The third-order valence-electron chi connectivity index (χ3n) is 2.59. The molecule has 0 saturated carbocycles. The molecule has 0 fully saturated rings. The summed E-state index contributed by atoms with van der Waals surface area (Å²) in [7, 11) is 0. The summed E-state index contributed by atoms with van der Waals surface area (Å²) in [6, 6.07) is 0. The zero-order valence-corrected chi connectivity index (χ0v) is 11.0. The lowest BCUT2D eigenvalue weighted by molar-refractivity contribution is 0.727. The first-order chi connectivity index (χ1) is 7.91. The van der Waals surface area contributed by atoms with Crippen LogP contribution in [0.25, 0.3) is 0 Å². The molecule has 0 aromatic rings. The fourth-order valence-electron chi connectivity index (χ4n) is 1.55. The van der Waals surface area contributed by atoms with Crippen molar-refractivity contribution in [3.05, 3.63) is 37.0 Å². The van der Waals surface area contributed by atoms with Crippen LogP contribution in [0.3, 0.4) is 0 Å². The van der Waals surface area contributed by atoms with Gasteiger partial charge in [0.1, 0.15) is 0 Å². The van der Waals surface area contributed by atoms with Crippen molar-refractivity contribution in [2.75, 3.05) is 0 Å². The molecular weight excluding hydrogens is 192 g/mol. The standard InChI is InChI=1S/C16H28/c1-3-5-7-9-11-13-15-16-14-12-10-8-6-4-2/h3,9,11-12,14H,1,4-8,10,13,15-16H2,2H3. The predicted molar refractivity (Wildman–Crippen MR) is 75.7 cm³/mol. The molecule has 0 radical (unpaired) electrons. The van der Waals surface area contributed by atoms with E-state index in [1.807, 2.05) is 6.08 Å². The number of hydrogen-bond acceptors (Lipinski definition) is 0. The van der Waals surface area contributed by atoms with Crippen molar-refractivity contribution < 1.29 is 0 Å². The number of unbranched alkanes of at least 4 members (excludes halogenated alkanes) is 6. The number of allylic oxidation sites excluding steroid dienone is 5. The average Bonchev–Trinajstić information content (AvgIpc) is 2.31. The summed E-state index contributed by atoms with van der Waals surface area (Å²) in [4.78, 5) is 0. The lowest BCUT2D eigenvalue weighted by Gasteiger charge is -1.93. The smallest absolute Gasteiger partial charge is 0.0316 e. The van der Waals surface area contributed by atoms with Gasteiger partial charge >= 0.3 is 0 Å². The Labute approximate surface area is 102 Å². The molecule has 16 heavy (non-hydrogen) atoms. The highest BCUT2D eigenvalue weighted by Crippen LogP contribution is 2.03. The maximum absolute atomic E-state index is 3.71. The highest BCUT2D eigenvalue weighted by molar-refractivity contribution is 4.86. The lowest BCUT2D eigenvalue weighted by atomic mass is 10.1. The Morgan fingerprint density at radius 3 is 1.81 bits per heavy atom. The van der Waals surface area contributed by atoms with E-state index >= 15 is 0 Å². The first-order valence-electron chi connectivity index (χ1n) is 6.82. The Kier molecular flexibility index (Phi) is 13.5. The molecule has 0 aliphatic heterocycles. The van der Waals surface area contributed by atoms with E-state index in [-0.39, 0.29) is 0 Å². The molecule has 0 saturated heterocycles. The Bertz CT molecular complexity index is 186. The van der Waals surface area contributed by atoms with Crippen molar-refractivity contribution in [3.63, 3.8) is 0 Å². The molecular formula is C16H28. The maximum Gasteiger partial charge on any atom is -0.0316 e. The van der Waals surface area contributed by atoms with E-state index < -0.39 is 0 Å². The van der Waals surface area contributed by atoms with Gasteiger partial charge in [0.2, 0.25) is 0 Å². The van der Waals surface area contributed by atoms with Crippen molar-refractivity contribution in [1.29, 1.82) is 0 Å². The van der Waals surface area contributed by atoms with Gasteiger partial charge in [-0.3, -0.25) is 0 Å². The second-order valence-electron chi connectivity index (χ2n) is 4.24. The molecule has 0 aliphatic carbocycles. The van der Waals surface area contributed by atoms with E-state index in [0.717, 1.165) is 12.8 Å². The van der Waals surface area contributed by atoms with Gasteiger partial charge in [0.05, 0.1) is 0 Å². The van der Waals surface area contributed by atoms with Crippen LogP contribution in [0.15, 0.2) is 37.0 Å². The SMILES string of the molecule is C=CCCC=CCCCC=CCCCCC. The molecule has 0 heterocycles. The summed E-state index contributed by atoms with van der Waals surface area (Å²) in [5.74, 6) is 0. The van der Waals surface area contributed by atoms with Crippen LogP contribution in [0.5, 0.6) is 0 Å². The van der Waals surface area contributed by atoms with Crippen LogP contribution in [-0.4, -0.2) is 0 Å². The summed E-state index contributed by atoms with van der Waals surface area (Å²) in [6.07, 6.45) is 22.5. The van der Waals surface area contributed by atoms with Gasteiger partial charge in [0.15, 0.2) is 0 Å². The zero-order chi connectivity index (χ0) is 11.9. The molecule has 0 atom stereocenters. The van der Waals surface area contributed by atoms with Gasteiger partial charge in [0.25, 0.3) is 0 Å². The molecule has 0 spiro atoms. The van der Waals surface area contributed by atoms with Gasteiger partial charge in [-0.25, -0.2) is 0 Å². The molecule has 92 valence electrons. The summed E-state index contributed by atoms with van der Waals surface area (Å²) in [6.45, 7) is 5.96. The minimum atomic E-state index is 1.10. The average molecular weight is 220 g/mol. The summed E-state index contributed by atoms with van der Waals surface area (Å²) in [5.41, 5.74) is 0. The highest BCUT2D eigenvalue weighted by Gasteiger charge is 1.83. The second-order valence-corrected chi connectivity index (χ2v) is 4.24. The van der Waals surface area contributed by atoms with Gasteiger partial charge in [0, 0.05) is 0 Å². The Morgan fingerprint density at radius 2 is 1.25 bits per heavy atom. The zero-order valence-electron chi connectivity index (χ0n) is 11.0. The second kappa shape index (κ2) is 14.2. The number of hydrogen-bond donors (Lipinski definition) is 0. The molecule has 0 bridgehead atoms. The van der Waals surface area contributed by atoms with Gasteiger partial charge in [-0.1, -0.05) is 50.1 Å². The first kappa shape index (κ1) is 15.2. The minimum absolute atomic E-state index is 1.10. The van der Waals surface area contributed by atoms with Crippen LogP contribution in [0.2, 0.25) is 0 Å². The third-order valence-corrected chi connectivity index (χ3v) is 2.59. The number of rotatable bonds is 11. The molecule has 0 aromatic carbocycles. The maximum atomic E-state index is 3.71. The first-order valence-corrected chi connectivity index (χ1v) is 6.82. The van der Waals surface area contributed by atoms with Crippen LogP contribution in [0.4, 0.5) is 0 Å². The molecule has 0 unspecified atom stereocenters. The predicted octanol–water partition coefficient (Wildman–Crippen LogP) is 5.82. The summed E-state index contributed by atoms with van der Waals surface area (Å²) in [5, 5.41) is 0. The quantitative estimate of drug-likeness (QED) is 0.304. The Morgan fingerprint density at radius 1 is 0.688 bits per heavy atom. The molecule has 0 aliphatic rings. The fourth-order valence-corrected chi connectivity index (χ4v) is 1.55. The molecule has 0 nitrogen and oxygen atoms in total. The van der Waals surface area contributed by atoms with Crippen LogP contribution in [0, 0.1) is 0 Å². The molecule has 0 aromatic heterocycles. The van der Waals surface area contributed by atoms with E-state index in [0.29, 0.717) is 0 Å². The topological polar surface area (TPSA) is 0 Å². The molecule has 0 amide bonds. The Balaban J connectivity index is 3.13. The van der Waals surface area contributed by atoms with Crippen molar-refractivity contribution in [2.45, 2.75) is 64.7 Å². The summed E-state index contributed by atoms with van der Waals surface area (Å²) < 4.78 is 0. The van der Waals surface area contributed by atoms with Crippen LogP contribution < -0.4 is 0 Å². The van der Waals surface area contributed by atoms with Crippen molar-refractivity contribution in [2.24, 2.45) is 0 Å².